The summed E-state index contributed by atoms with van der Waals surface area (Å²) < 4.78 is 23.5. The van der Waals surface area contributed by atoms with Crippen LogP contribution >= 0.6 is 0 Å². The fourth-order valence-electron chi connectivity index (χ4n) is 2.63. The maximum Gasteiger partial charge on any atom is 0.274 e. The summed E-state index contributed by atoms with van der Waals surface area (Å²) in [6, 6.07) is 6.22. The van der Waals surface area contributed by atoms with Gasteiger partial charge in [0.15, 0.2) is 0 Å². The maximum absolute atomic E-state index is 12.5. The first-order chi connectivity index (χ1) is 12.0. The molecule has 0 bridgehead atoms. The standard InChI is InChI=1S/C15H17N5O4S/c21-14(11-1-3-12(4-2-11)18-25(23)24)19-5-7-20(8-6-19)15(22)13-9-16-10-17-13/h1-4,9-10,25H,5-8H2,(H,16,17)(H,18,23,24). The zero-order valence-electron chi connectivity index (χ0n) is 13.2. The van der Waals surface area contributed by atoms with Crippen LogP contribution in [-0.4, -0.2) is 66.2 Å². The van der Waals surface area contributed by atoms with E-state index in [1.165, 1.54) is 18.5 Å². The Morgan fingerprint density at radius 2 is 1.60 bits per heavy atom. The van der Waals surface area contributed by atoms with Gasteiger partial charge in [-0.3, -0.25) is 14.3 Å². The van der Waals surface area contributed by atoms with Crippen molar-refractivity contribution in [3.63, 3.8) is 0 Å². The van der Waals surface area contributed by atoms with Gasteiger partial charge in [0.25, 0.3) is 11.8 Å². The van der Waals surface area contributed by atoms with Gasteiger partial charge in [-0.2, -0.15) is 0 Å². The first-order valence-corrected chi connectivity index (χ1v) is 8.81. The molecule has 0 aliphatic carbocycles. The highest BCUT2D eigenvalue weighted by Gasteiger charge is 2.26. The highest BCUT2D eigenvalue weighted by atomic mass is 32.2. The number of hydrogen-bond donors (Lipinski definition) is 3. The smallest absolute Gasteiger partial charge is 0.274 e. The van der Waals surface area contributed by atoms with E-state index in [0.29, 0.717) is 43.1 Å². The van der Waals surface area contributed by atoms with Gasteiger partial charge in [0.2, 0.25) is 10.9 Å². The Hall–Kier alpha value is -2.88. The van der Waals surface area contributed by atoms with Gasteiger partial charge in [0, 0.05) is 43.6 Å². The minimum Gasteiger partial charge on any atom is -0.350 e. The van der Waals surface area contributed by atoms with E-state index in [0.717, 1.165) is 0 Å². The number of imidazole rings is 1. The lowest BCUT2D eigenvalue weighted by molar-refractivity contribution is 0.0532. The largest absolute Gasteiger partial charge is 0.350 e. The van der Waals surface area contributed by atoms with E-state index in [2.05, 4.69) is 14.7 Å². The molecule has 2 N–H and O–H groups in total. The highest BCUT2D eigenvalue weighted by molar-refractivity contribution is 7.73. The lowest BCUT2D eigenvalue weighted by Crippen LogP contribution is -2.50. The van der Waals surface area contributed by atoms with Gasteiger partial charge < -0.3 is 14.8 Å². The molecule has 2 amide bonds. The van der Waals surface area contributed by atoms with Crippen molar-refractivity contribution in [2.45, 2.75) is 0 Å². The Morgan fingerprint density at radius 1 is 1.00 bits per heavy atom. The number of amides is 2. The molecule has 1 fully saturated rings. The third kappa shape index (κ3) is 3.97. The number of aromatic amines is 1. The first kappa shape index (κ1) is 17.0. The normalized spacial score (nSPS) is 14.6. The summed E-state index contributed by atoms with van der Waals surface area (Å²) in [5.74, 6) is -0.305. The molecule has 2 aromatic rings. The summed E-state index contributed by atoms with van der Waals surface area (Å²) in [6.07, 6.45) is 3.00. The third-order valence-electron chi connectivity index (χ3n) is 3.92. The Kier molecular flexibility index (Phi) is 4.98. The lowest BCUT2D eigenvalue weighted by Gasteiger charge is -2.34. The fraction of sp³-hybridized carbons (Fsp3) is 0.267. The average molecular weight is 363 g/mol. The molecule has 0 spiro atoms. The molecule has 3 rings (SSSR count). The molecule has 0 saturated carbocycles. The molecule has 25 heavy (non-hydrogen) atoms. The molecule has 2 heterocycles. The van der Waals surface area contributed by atoms with E-state index in [9.17, 15) is 18.0 Å². The number of carbonyl (C=O) groups is 2. The van der Waals surface area contributed by atoms with Crippen molar-refractivity contribution in [1.29, 1.82) is 0 Å². The van der Waals surface area contributed by atoms with E-state index >= 15 is 0 Å². The Balaban J connectivity index is 1.59. The number of H-pyrrole nitrogens is 1. The van der Waals surface area contributed by atoms with Gasteiger partial charge in [-0.25, -0.2) is 13.4 Å². The summed E-state index contributed by atoms with van der Waals surface area (Å²) in [5, 5.41) is 0. The number of benzene rings is 1. The Morgan fingerprint density at radius 3 is 2.12 bits per heavy atom. The van der Waals surface area contributed by atoms with Gasteiger partial charge in [-0.15, -0.1) is 0 Å². The van der Waals surface area contributed by atoms with Crippen LogP contribution in [-0.2, 0) is 10.9 Å². The van der Waals surface area contributed by atoms with Crippen LogP contribution in [0.15, 0.2) is 36.8 Å². The fourth-order valence-corrected chi connectivity index (χ4v) is 2.99. The molecule has 1 aromatic heterocycles. The molecule has 1 aliphatic heterocycles. The molecular weight excluding hydrogens is 346 g/mol. The summed E-state index contributed by atoms with van der Waals surface area (Å²) in [6.45, 7) is 1.74. The number of hydrogen-bond acceptors (Lipinski definition) is 5. The zero-order chi connectivity index (χ0) is 17.8. The molecule has 1 aromatic carbocycles. The van der Waals surface area contributed by atoms with Gasteiger partial charge in [-0.05, 0) is 24.3 Å². The molecule has 10 heteroatoms. The van der Waals surface area contributed by atoms with E-state index in [1.807, 2.05) is 0 Å². The van der Waals surface area contributed by atoms with Crippen LogP contribution in [0.25, 0.3) is 0 Å². The van der Waals surface area contributed by atoms with Crippen molar-refractivity contribution in [1.82, 2.24) is 19.8 Å². The number of rotatable bonds is 4. The van der Waals surface area contributed by atoms with Gasteiger partial charge in [0.05, 0.1) is 6.33 Å². The summed E-state index contributed by atoms with van der Waals surface area (Å²) >= 11 is 0. The molecular formula is C15H17N5O4S. The quantitative estimate of drug-likeness (QED) is 0.659. The highest BCUT2D eigenvalue weighted by Crippen LogP contribution is 2.14. The second kappa shape index (κ2) is 7.34. The predicted molar refractivity (Wildman–Crippen MR) is 90.8 cm³/mol. The molecule has 0 radical (unpaired) electrons. The molecule has 0 unspecified atom stereocenters. The van der Waals surface area contributed by atoms with E-state index in [1.54, 1.807) is 28.1 Å². The number of nitrogens with zero attached hydrogens (tertiary/aromatic N) is 3. The second-order valence-electron chi connectivity index (χ2n) is 5.49. The van der Waals surface area contributed by atoms with E-state index in [4.69, 9.17) is 0 Å². The average Bonchev–Trinajstić information content (AvgIpc) is 3.15. The van der Waals surface area contributed by atoms with Crippen LogP contribution in [0.3, 0.4) is 0 Å². The minimum atomic E-state index is -2.73. The van der Waals surface area contributed by atoms with Crippen LogP contribution < -0.4 is 4.72 Å². The third-order valence-corrected chi connectivity index (χ3v) is 4.36. The van der Waals surface area contributed by atoms with Crippen LogP contribution in [0.4, 0.5) is 5.69 Å². The molecule has 132 valence electrons. The summed E-state index contributed by atoms with van der Waals surface area (Å²) in [5.41, 5.74) is 1.24. The Labute approximate surface area is 145 Å². The van der Waals surface area contributed by atoms with Crippen LogP contribution in [0.1, 0.15) is 20.8 Å². The second-order valence-corrected chi connectivity index (χ2v) is 6.22. The molecule has 1 saturated heterocycles. The lowest BCUT2D eigenvalue weighted by atomic mass is 10.1. The Bertz CT molecular complexity index is 816. The minimum absolute atomic E-state index is 0.148. The molecule has 0 atom stereocenters. The van der Waals surface area contributed by atoms with E-state index < -0.39 is 10.9 Å². The summed E-state index contributed by atoms with van der Waals surface area (Å²) in [7, 11) is -2.73. The number of aromatic nitrogens is 2. The van der Waals surface area contributed by atoms with Gasteiger partial charge in [0.1, 0.15) is 5.69 Å². The van der Waals surface area contributed by atoms with Crippen molar-refractivity contribution in [3.05, 3.63) is 48.0 Å². The number of piperazine rings is 1. The van der Waals surface area contributed by atoms with Crippen LogP contribution in [0.2, 0.25) is 0 Å². The van der Waals surface area contributed by atoms with Crippen molar-refractivity contribution in [2.75, 3.05) is 30.9 Å². The van der Waals surface area contributed by atoms with Crippen LogP contribution in [0.5, 0.6) is 0 Å². The van der Waals surface area contributed by atoms with Gasteiger partial charge in [-0.1, -0.05) is 0 Å². The van der Waals surface area contributed by atoms with Crippen molar-refractivity contribution >= 4 is 28.4 Å². The SMILES string of the molecule is O=C(c1ccc(N[SH](=O)=O)cc1)N1CCN(C(=O)c2c[nH]cn2)CC1. The summed E-state index contributed by atoms with van der Waals surface area (Å²) in [4.78, 5) is 34.7. The van der Waals surface area contributed by atoms with Crippen molar-refractivity contribution in [3.8, 4) is 0 Å². The first-order valence-electron chi connectivity index (χ1n) is 7.63. The van der Waals surface area contributed by atoms with Crippen molar-refractivity contribution < 1.29 is 18.0 Å². The van der Waals surface area contributed by atoms with E-state index in [-0.39, 0.29) is 11.8 Å². The zero-order valence-corrected chi connectivity index (χ0v) is 14.1. The van der Waals surface area contributed by atoms with Crippen LogP contribution in [0, 0.1) is 0 Å². The molecule has 1 aliphatic rings. The predicted octanol–water partition coefficient (Wildman–Crippen LogP) is -0.0538. The number of anilines is 1. The maximum atomic E-state index is 12.5. The van der Waals surface area contributed by atoms with Gasteiger partial charge >= 0.3 is 0 Å². The molecule has 9 nitrogen and oxygen atoms in total. The number of nitrogens with one attached hydrogen (secondary N) is 2. The topological polar surface area (TPSA) is 115 Å². The monoisotopic (exact) mass is 363 g/mol. The number of carbonyl (C=O) groups excluding carboxylic acids is 2. The van der Waals surface area contributed by atoms with Crippen molar-refractivity contribution in [2.24, 2.45) is 0 Å². The number of thiol groups is 1.